The Labute approximate surface area is 150 Å². The van der Waals surface area contributed by atoms with Gasteiger partial charge < -0.3 is 9.80 Å². The second-order valence-corrected chi connectivity index (χ2v) is 9.07. The Hall–Kier alpha value is 0.500. The molecule has 4 heteroatoms. The van der Waals surface area contributed by atoms with Crippen molar-refractivity contribution < 1.29 is 0 Å². The van der Waals surface area contributed by atoms with Gasteiger partial charge in [0.05, 0.1) is 0 Å². The second kappa shape index (κ2) is 7.59. The summed E-state index contributed by atoms with van der Waals surface area (Å²) in [4.78, 5) is 4.79. The van der Waals surface area contributed by atoms with Crippen molar-refractivity contribution >= 4 is 24.8 Å². The van der Waals surface area contributed by atoms with Crippen molar-refractivity contribution in [2.45, 2.75) is 51.4 Å². The third-order valence-corrected chi connectivity index (χ3v) is 6.48. The maximum Gasteiger partial charge on any atom is -0.00195 e. The van der Waals surface area contributed by atoms with Crippen LogP contribution in [0.25, 0.3) is 0 Å². The minimum atomic E-state index is 0. The first kappa shape index (κ1) is 20.5. The number of nitrogens with zero attached hydrogens (tertiary/aromatic N) is 2. The number of hydrogen-bond acceptors (Lipinski definition) is 2. The summed E-state index contributed by atoms with van der Waals surface area (Å²) in [6.07, 6.45) is 12.2. The molecule has 22 heavy (non-hydrogen) atoms. The molecule has 0 unspecified atom stereocenters. The van der Waals surface area contributed by atoms with E-state index >= 15 is 0 Å². The molecule has 2 nitrogen and oxygen atoms in total. The van der Waals surface area contributed by atoms with Gasteiger partial charge in [0.1, 0.15) is 0 Å². The second-order valence-electron chi connectivity index (χ2n) is 9.07. The zero-order valence-electron chi connectivity index (χ0n) is 14.9. The molecule has 0 spiro atoms. The highest BCUT2D eigenvalue weighted by Gasteiger charge is 2.56. The summed E-state index contributed by atoms with van der Waals surface area (Å²) in [7, 11) is 8.95. The maximum absolute atomic E-state index is 2.39. The van der Waals surface area contributed by atoms with Gasteiger partial charge in [-0.05, 0) is 115 Å². The molecule has 4 aliphatic rings. The average Bonchev–Trinajstić information content (AvgIpc) is 2.33. The van der Waals surface area contributed by atoms with Crippen molar-refractivity contribution in [2.24, 2.45) is 22.7 Å². The lowest BCUT2D eigenvalue weighted by Gasteiger charge is -2.63. The van der Waals surface area contributed by atoms with Gasteiger partial charge in [-0.3, -0.25) is 0 Å². The summed E-state index contributed by atoms with van der Waals surface area (Å²) in [5.41, 5.74) is 1.45. The molecule has 4 fully saturated rings. The maximum atomic E-state index is 2.39. The van der Waals surface area contributed by atoms with Crippen LogP contribution in [0, 0.1) is 22.7 Å². The highest BCUT2D eigenvalue weighted by molar-refractivity contribution is 5.85. The molecule has 4 aliphatic carbocycles. The molecule has 0 aromatic carbocycles. The van der Waals surface area contributed by atoms with Crippen LogP contribution in [0.5, 0.6) is 0 Å². The zero-order chi connectivity index (χ0) is 14.4. The van der Waals surface area contributed by atoms with Gasteiger partial charge in [-0.2, -0.15) is 0 Å². The van der Waals surface area contributed by atoms with E-state index in [9.17, 15) is 0 Å². The van der Waals surface area contributed by atoms with Crippen LogP contribution < -0.4 is 0 Å². The first-order chi connectivity index (χ1) is 9.40. The predicted molar refractivity (Wildman–Crippen MR) is 100 cm³/mol. The summed E-state index contributed by atoms with van der Waals surface area (Å²) in [6.45, 7) is 2.59. The van der Waals surface area contributed by atoms with Crippen LogP contribution in [-0.4, -0.2) is 51.1 Å². The molecule has 132 valence electrons. The summed E-state index contributed by atoms with van der Waals surface area (Å²) in [5.74, 6) is 2.14. The van der Waals surface area contributed by atoms with Gasteiger partial charge in [0.25, 0.3) is 0 Å². The van der Waals surface area contributed by atoms with Gasteiger partial charge >= 0.3 is 0 Å². The zero-order valence-corrected chi connectivity index (χ0v) is 16.6. The van der Waals surface area contributed by atoms with E-state index in [-0.39, 0.29) is 24.8 Å². The lowest BCUT2D eigenvalue weighted by Crippen LogP contribution is -2.53. The highest BCUT2D eigenvalue weighted by atomic mass is 35.5. The van der Waals surface area contributed by atoms with E-state index in [2.05, 4.69) is 38.0 Å². The molecule has 4 bridgehead atoms. The number of rotatable bonds is 6. The molecule has 0 aliphatic heterocycles. The van der Waals surface area contributed by atoms with Crippen molar-refractivity contribution in [1.29, 1.82) is 0 Å². The quantitative estimate of drug-likeness (QED) is 0.703. The van der Waals surface area contributed by atoms with Gasteiger partial charge in [0, 0.05) is 0 Å². The molecule has 0 saturated heterocycles. The molecule has 0 radical (unpaired) electrons. The van der Waals surface area contributed by atoms with Gasteiger partial charge in [0.15, 0.2) is 0 Å². The van der Waals surface area contributed by atoms with E-state index in [1.54, 1.807) is 38.5 Å². The molecule has 0 heterocycles. The Morgan fingerprint density at radius 3 is 1.41 bits per heavy atom. The average molecular weight is 351 g/mol. The molecule has 0 N–H and O–H groups in total. The molecule has 0 aromatic heterocycles. The number of hydrogen-bond donors (Lipinski definition) is 0. The van der Waals surface area contributed by atoms with Crippen molar-refractivity contribution in [3.63, 3.8) is 0 Å². The largest absolute Gasteiger partial charge is 0.309 e. The van der Waals surface area contributed by atoms with Gasteiger partial charge in [-0.15, -0.1) is 24.8 Å². The first-order valence-corrected chi connectivity index (χ1v) is 8.70. The smallest absolute Gasteiger partial charge is 0.00195 e. The van der Waals surface area contributed by atoms with E-state index in [0.717, 1.165) is 22.7 Å². The Kier molecular flexibility index (Phi) is 7.09. The van der Waals surface area contributed by atoms with E-state index in [1.165, 1.54) is 25.9 Å². The monoisotopic (exact) mass is 350 g/mol. The van der Waals surface area contributed by atoms with Crippen LogP contribution in [0.1, 0.15) is 51.4 Å². The van der Waals surface area contributed by atoms with Crippen LogP contribution in [0.4, 0.5) is 0 Å². The summed E-state index contributed by atoms with van der Waals surface area (Å²) in [6, 6.07) is 0. The molecule has 4 rings (SSSR count). The van der Waals surface area contributed by atoms with E-state index < -0.39 is 0 Å². The fourth-order valence-corrected chi connectivity index (χ4v) is 6.16. The Morgan fingerprint density at radius 2 is 1.09 bits per heavy atom. The fraction of sp³-hybridized carbons (Fsp3) is 1.00. The first-order valence-electron chi connectivity index (χ1n) is 8.70. The molecular weight excluding hydrogens is 315 g/mol. The molecule has 0 aromatic rings. The SMILES string of the molecule is CN(C)CCC12CC3CC(C1)CC(CCN(C)C)(C3)C2.Cl.Cl. The minimum absolute atomic E-state index is 0. The third kappa shape index (κ3) is 4.32. The normalized spacial score (nSPS) is 39.0. The Morgan fingerprint density at radius 1 is 0.727 bits per heavy atom. The van der Waals surface area contributed by atoms with Crippen LogP contribution in [0.15, 0.2) is 0 Å². The van der Waals surface area contributed by atoms with Gasteiger partial charge in [-0.25, -0.2) is 0 Å². The van der Waals surface area contributed by atoms with Crippen molar-refractivity contribution in [2.75, 3.05) is 41.3 Å². The van der Waals surface area contributed by atoms with Crippen molar-refractivity contribution in [3.05, 3.63) is 0 Å². The molecule has 4 saturated carbocycles. The Bertz CT molecular complexity index is 313. The van der Waals surface area contributed by atoms with Gasteiger partial charge in [0.2, 0.25) is 0 Å². The van der Waals surface area contributed by atoms with Crippen LogP contribution in [0.3, 0.4) is 0 Å². The lowest BCUT2D eigenvalue weighted by molar-refractivity contribution is -0.120. The Balaban J connectivity index is 0.00000121. The van der Waals surface area contributed by atoms with Crippen LogP contribution in [0.2, 0.25) is 0 Å². The van der Waals surface area contributed by atoms with Gasteiger partial charge in [-0.1, -0.05) is 0 Å². The van der Waals surface area contributed by atoms with Crippen LogP contribution in [-0.2, 0) is 0 Å². The lowest BCUT2D eigenvalue weighted by atomic mass is 9.43. The molecule has 0 atom stereocenters. The third-order valence-electron chi connectivity index (χ3n) is 6.48. The molecular formula is C18H36Cl2N2. The van der Waals surface area contributed by atoms with Crippen molar-refractivity contribution in [1.82, 2.24) is 9.80 Å². The van der Waals surface area contributed by atoms with Crippen molar-refractivity contribution in [3.8, 4) is 0 Å². The highest BCUT2D eigenvalue weighted by Crippen LogP contribution is 2.67. The fourth-order valence-electron chi connectivity index (χ4n) is 6.16. The summed E-state index contributed by atoms with van der Waals surface area (Å²) >= 11 is 0. The molecule has 0 amide bonds. The summed E-state index contributed by atoms with van der Waals surface area (Å²) in [5, 5.41) is 0. The predicted octanol–water partition coefficient (Wildman–Crippen LogP) is 4.32. The van der Waals surface area contributed by atoms with E-state index in [0.29, 0.717) is 0 Å². The van der Waals surface area contributed by atoms with Crippen LogP contribution >= 0.6 is 24.8 Å². The standard InChI is InChI=1S/C18H34N2.2ClH/c1-19(2)7-5-17-10-15-9-16(11-17)13-18(12-15,14-17)6-8-20(3)4;;/h15-16H,5-14H2,1-4H3;2*1H. The summed E-state index contributed by atoms with van der Waals surface area (Å²) < 4.78 is 0. The topological polar surface area (TPSA) is 6.48 Å². The number of halogens is 2. The minimum Gasteiger partial charge on any atom is -0.309 e. The van der Waals surface area contributed by atoms with E-state index in [4.69, 9.17) is 0 Å². The van der Waals surface area contributed by atoms with E-state index in [1.807, 2.05) is 0 Å².